The van der Waals surface area contributed by atoms with Crippen molar-refractivity contribution < 1.29 is 9.90 Å². The van der Waals surface area contributed by atoms with Crippen LogP contribution in [-0.4, -0.2) is 29.1 Å². The molecule has 0 saturated carbocycles. The van der Waals surface area contributed by atoms with Gasteiger partial charge in [-0.3, -0.25) is 9.69 Å². The third-order valence-corrected chi connectivity index (χ3v) is 6.48. The SMILES string of the molecule is CCC1(C(=O)O)CCN(Cc2cc(Br)c(Cl)s2)CC1. The Hall–Kier alpha value is -0.100. The molecule has 1 aromatic heterocycles. The first-order valence-corrected chi connectivity index (χ1v) is 8.35. The minimum Gasteiger partial charge on any atom is -0.481 e. The average molecular weight is 367 g/mol. The summed E-state index contributed by atoms with van der Waals surface area (Å²) in [6.45, 7) is 4.51. The van der Waals surface area contributed by atoms with Crippen molar-refractivity contribution in [1.82, 2.24) is 4.90 Å². The van der Waals surface area contributed by atoms with Crippen molar-refractivity contribution in [3.8, 4) is 0 Å². The molecule has 1 aliphatic heterocycles. The normalized spacial score (nSPS) is 19.5. The molecule has 1 aliphatic rings. The summed E-state index contributed by atoms with van der Waals surface area (Å²) in [4.78, 5) is 14.9. The Morgan fingerprint density at radius 2 is 2.21 bits per heavy atom. The molecule has 1 aromatic rings. The van der Waals surface area contributed by atoms with E-state index in [1.54, 1.807) is 11.3 Å². The Kier molecular flexibility index (Phi) is 4.93. The largest absolute Gasteiger partial charge is 0.481 e. The number of carboxylic acids is 1. The summed E-state index contributed by atoms with van der Waals surface area (Å²) in [6, 6.07) is 2.05. The van der Waals surface area contributed by atoms with Crippen molar-refractivity contribution in [3.63, 3.8) is 0 Å². The second kappa shape index (κ2) is 6.12. The molecule has 0 aromatic carbocycles. The van der Waals surface area contributed by atoms with E-state index >= 15 is 0 Å². The fraction of sp³-hybridized carbons (Fsp3) is 0.615. The van der Waals surface area contributed by atoms with Crippen LogP contribution < -0.4 is 0 Å². The molecule has 0 radical (unpaired) electrons. The number of piperidine rings is 1. The molecule has 6 heteroatoms. The second-order valence-electron chi connectivity index (χ2n) is 5.05. The predicted octanol–water partition coefficient (Wildman–Crippen LogP) is 4.24. The molecule has 0 unspecified atom stereocenters. The lowest BCUT2D eigenvalue weighted by Gasteiger charge is -2.38. The van der Waals surface area contributed by atoms with E-state index < -0.39 is 11.4 Å². The van der Waals surface area contributed by atoms with E-state index in [4.69, 9.17) is 11.6 Å². The summed E-state index contributed by atoms with van der Waals surface area (Å²) in [5.74, 6) is -0.642. The molecule has 2 rings (SSSR count). The number of thiophene rings is 1. The van der Waals surface area contributed by atoms with Gasteiger partial charge in [-0.05, 0) is 54.3 Å². The molecular formula is C13H17BrClNO2S. The zero-order valence-electron chi connectivity index (χ0n) is 10.8. The number of nitrogens with zero attached hydrogens (tertiary/aromatic N) is 1. The standard InChI is InChI=1S/C13H17BrClNO2S/c1-2-13(12(17)18)3-5-16(6-4-13)8-9-7-10(14)11(15)19-9/h7H,2-6,8H2,1H3,(H,17,18). The molecule has 0 bridgehead atoms. The van der Waals surface area contributed by atoms with Crippen LogP contribution in [0.2, 0.25) is 4.34 Å². The maximum absolute atomic E-state index is 11.4. The highest BCUT2D eigenvalue weighted by atomic mass is 79.9. The molecule has 1 fully saturated rings. The molecule has 1 saturated heterocycles. The highest BCUT2D eigenvalue weighted by molar-refractivity contribution is 9.10. The second-order valence-corrected chi connectivity index (χ2v) is 7.64. The average Bonchev–Trinajstić information content (AvgIpc) is 2.69. The van der Waals surface area contributed by atoms with Crippen molar-refractivity contribution in [2.45, 2.75) is 32.7 Å². The Bertz CT molecular complexity index is 450. The number of hydrogen-bond acceptors (Lipinski definition) is 3. The van der Waals surface area contributed by atoms with Gasteiger partial charge in [0.2, 0.25) is 0 Å². The van der Waals surface area contributed by atoms with Crippen molar-refractivity contribution in [1.29, 1.82) is 0 Å². The van der Waals surface area contributed by atoms with Crippen molar-refractivity contribution in [2.24, 2.45) is 5.41 Å². The summed E-state index contributed by atoms with van der Waals surface area (Å²) in [5.41, 5.74) is -0.510. The molecule has 0 spiro atoms. The van der Waals surface area contributed by atoms with Gasteiger partial charge < -0.3 is 5.11 Å². The van der Waals surface area contributed by atoms with Gasteiger partial charge in [0, 0.05) is 15.9 Å². The minimum absolute atomic E-state index is 0.510. The van der Waals surface area contributed by atoms with Gasteiger partial charge in [-0.2, -0.15) is 0 Å². The van der Waals surface area contributed by atoms with Crippen LogP contribution in [0.3, 0.4) is 0 Å². The van der Waals surface area contributed by atoms with E-state index in [-0.39, 0.29) is 0 Å². The Labute approximate surface area is 130 Å². The molecule has 0 amide bonds. The van der Waals surface area contributed by atoms with E-state index in [2.05, 4.69) is 20.8 Å². The van der Waals surface area contributed by atoms with Crippen LogP contribution in [0.25, 0.3) is 0 Å². The highest BCUT2D eigenvalue weighted by Crippen LogP contribution is 2.37. The van der Waals surface area contributed by atoms with Crippen molar-refractivity contribution in [3.05, 3.63) is 19.8 Å². The number of rotatable bonds is 4. The summed E-state index contributed by atoms with van der Waals surface area (Å²) in [6.07, 6.45) is 2.19. The number of halogens is 2. The Morgan fingerprint density at radius 1 is 1.58 bits per heavy atom. The van der Waals surface area contributed by atoms with Gasteiger partial charge in [0.25, 0.3) is 0 Å². The third kappa shape index (κ3) is 3.32. The first-order chi connectivity index (χ1) is 8.97. The summed E-state index contributed by atoms with van der Waals surface area (Å²) >= 11 is 11.0. The maximum Gasteiger partial charge on any atom is 0.309 e. The number of aliphatic carboxylic acids is 1. The first kappa shape index (κ1) is 15.3. The van der Waals surface area contributed by atoms with Crippen molar-refractivity contribution >= 4 is 44.8 Å². The molecule has 3 nitrogen and oxygen atoms in total. The summed E-state index contributed by atoms with van der Waals surface area (Å²) in [5, 5.41) is 9.36. The molecule has 1 N–H and O–H groups in total. The number of hydrogen-bond donors (Lipinski definition) is 1. The molecule has 2 heterocycles. The molecule has 0 aliphatic carbocycles. The summed E-state index contributed by atoms with van der Waals surface area (Å²) < 4.78 is 1.72. The molecular weight excluding hydrogens is 350 g/mol. The zero-order chi connectivity index (χ0) is 14.0. The van der Waals surface area contributed by atoms with Gasteiger partial charge in [-0.25, -0.2) is 0 Å². The zero-order valence-corrected chi connectivity index (χ0v) is 13.9. The third-order valence-electron chi connectivity index (χ3n) is 4.02. The maximum atomic E-state index is 11.4. The Morgan fingerprint density at radius 3 is 2.63 bits per heavy atom. The van der Waals surface area contributed by atoms with Crippen LogP contribution in [0.1, 0.15) is 31.1 Å². The van der Waals surface area contributed by atoms with Crippen LogP contribution >= 0.6 is 38.9 Å². The first-order valence-electron chi connectivity index (χ1n) is 6.36. The van der Waals surface area contributed by atoms with Gasteiger partial charge >= 0.3 is 5.97 Å². The number of carboxylic acid groups (broad SMARTS) is 1. The van der Waals surface area contributed by atoms with Crippen molar-refractivity contribution in [2.75, 3.05) is 13.1 Å². The van der Waals surface area contributed by atoms with Crippen LogP contribution in [0.15, 0.2) is 10.5 Å². The molecule has 19 heavy (non-hydrogen) atoms. The van der Waals surface area contributed by atoms with E-state index in [1.807, 2.05) is 13.0 Å². The number of carbonyl (C=O) groups is 1. The van der Waals surface area contributed by atoms with E-state index in [1.165, 1.54) is 4.88 Å². The van der Waals surface area contributed by atoms with Gasteiger partial charge in [0.1, 0.15) is 4.34 Å². The molecule has 0 atom stereocenters. The summed E-state index contributed by atoms with van der Waals surface area (Å²) in [7, 11) is 0. The van der Waals surface area contributed by atoms with E-state index in [9.17, 15) is 9.90 Å². The fourth-order valence-corrected chi connectivity index (χ4v) is 4.38. The van der Waals surface area contributed by atoms with Gasteiger partial charge in [-0.1, -0.05) is 18.5 Å². The highest BCUT2D eigenvalue weighted by Gasteiger charge is 2.39. The molecule has 106 valence electrons. The van der Waals surface area contributed by atoms with Crippen LogP contribution in [0.5, 0.6) is 0 Å². The van der Waals surface area contributed by atoms with E-state index in [0.29, 0.717) is 6.42 Å². The Balaban J connectivity index is 1.95. The fourth-order valence-electron chi connectivity index (χ4n) is 2.55. The monoisotopic (exact) mass is 365 g/mol. The lowest BCUT2D eigenvalue weighted by molar-refractivity contribution is -0.152. The van der Waals surface area contributed by atoms with Gasteiger partial charge in [-0.15, -0.1) is 11.3 Å². The quantitative estimate of drug-likeness (QED) is 0.866. The predicted molar refractivity (Wildman–Crippen MR) is 81.9 cm³/mol. The van der Waals surface area contributed by atoms with E-state index in [0.717, 1.165) is 41.3 Å². The topological polar surface area (TPSA) is 40.5 Å². The van der Waals surface area contributed by atoms with Gasteiger partial charge in [0.15, 0.2) is 0 Å². The smallest absolute Gasteiger partial charge is 0.309 e. The van der Waals surface area contributed by atoms with Crippen LogP contribution in [0, 0.1) is 5.41 Å². The minimum atomic E-state index is -0.642. The lowest BCUT2D eigenvalue weighted by atomic mass is 9.76. The number of likely N-dealkylation sites (tertiary alicyclic amines) is 1. The van der Waals surface area contributed by atoms with Crippen LogP contribution in [0.4, 0.5) is 0 Å². The lowest BCUT2D eigenvalue weighted by Crippen LogP contribution is -2.43. The van der Waals surface area contributed by atoms with Crippen LogP contribution in [-0.2, 0) is 11.3 Å². The van der Waals surface area contributed by atoms with Gasteiger partial charge in [0.05, 0.1) is 5.41 Å².